The monoisotopic (exact) mass is 421 g/mol. The predicted molar refractivity (Wildman–Crippen MR) is 118 cm³/mol. The van der Waals surface area contributed by atoms with Crippen LogP contribution in [-0.4, -0.2) is 25.1 Å². The number of sulfonamides is 1. The van der Waals surface area contributed by atoms with Gasteiger partial charge in [0.2, 0.25) is 0 Å². The Morgan fingerprint density at radius 3 is 2.37 bits per heavy atom. The molecule has 0 aliphatic carbocycles. The Labute approximate surface area is 176 Å². The maximum atomic E-state index is 12.8. The summed E-state index contributed by atoms with van der Waals surface area (Å²) >= 11 is 0. The molecule has 30 heavy (non-hydrogen) atoms. The van der Waals surface area contributed by atoms with E-state index in [1.54, 1.807) is 25.3 Å². The van der Waals surface area contributed by atoms with Crippen LogP contribution in [0.1, 0.15) is 11.4 Å². The Balaban J connectivity index is 1.55. The fourth-order valence-electron chi connectivity index (χ4n) is 3.46. The SMILES string of the molecule is COc1ccc(S(=O)(=O)Nc2ccccc2CCc2nc3ccccc3n2C)cc1. The van der Waals surface area contributed by atoms with Crippen molar-refractivity contribution in [2.75, 3.05) is 11.8 Å². The topological polar surface area (TPSA) is 73.2 Å². The van der Waals surface area contributed by atoms with Crippen LogP contribution < -0.4 is 9.46 Å². The minimum atomic E-state index is -3.70. The third-order valence-corrected chi connectivity index (χ3v) is 6.51. The highest BCUT2D eigenvalue weighted by Gasteiger charge is 2.16. The van der Waals surface area contributed by atoms with E-state index >= 15 is 0 Å². The normalized spacial score (nSPS) is 11.5. The molecule has 0 radical (unpaired) electrons. The quantitative estimate of drug-likeness (QED) is 0.486. The van der Waals surface area contributed by atoms with Crippen LogP contribution in [-0.2, 0) is 29.9 Å². The standard InChI is InChI=1S/C23H23N3O3S/c1-26-22-10-6-5-9-21(22)24-23(26)16-11-17-7-3-4-8-20(17)25-30(27,28)19-14-12-18(29-2)13-15-19/h3-10,12-15,25H,11,16H2,1-2H3. The molecule has 4 aromatic rings. The number of rotatable bonds is 7. The number of benzene rings is 3. The average molecular weight is 422 g/mol. The number of aromatic nitrogens is 2. The molecule has 0 amide bonds. The number of hydrogen-bond donors (Lipinski definition) is 1. The van der Waals surface area contributed by atoms with Gasteiger partial charge in [0, 0.05) is 13.5 Å². The molecule has 1 aromatic heterocycles. The summed E-state index contributed by atoms with van der Waals surface area (Å²) in [4.78, 5) is 4.90. The second kappa shape index (κ2) is 8.20. The number of aryl methyl sites for hydroxylation is 3. The molecular formula is C23H23N3O3S. The van der Waals surface area contributed by atoms with Crippen LogP contribution in [0.3, 0.4) is 0 Å². The van der Waals surface area contributed by atoms with Gasteiger partial charge in [0.05, 0.1) is 28.7 Å². The summed E-state index contributed by atoms with van der Waals surface area (Å²) in [5, 5.41) is 0. The van der Waals surface area contributed by atoms with Gasteiger partial charge < -0.3 is 9.30 Å². The minimum Gasteiger partial charge on any atom is -0.497 e. The summed E-state index contributed by atoms with van der Waals surface area (Å²) in [6, 6.07) is 21.8. The van der Waals surface area contributed by atoms with Crippen molar-refractivity contribution < 1.29 is 13.2 Å². The van der Waals surface area contributed by atoms with Gasteiger partial charge in [-0.15, -0.1) is 0 Å². The van der Waals surface area contributed by atoms with Gasteiger partial charge in [0.25, 0.3) is 10.0 Å². The van der Waals surface area contributed by atoms with Gasteiger partial charge >= 0.3 is 0 Å². The molecule has 1 N–H and O–H groups in total. The fraction of sp³-hybridized carbons (Fsp3) is 0.174. The third-order valence-electron chi connectivity index (χ3n) is 5.13. The van der Waals surface area contributed by atoms with E-state index in [4.69, 9.17) is 9.72 Å². The maximum Gasteiger partial charge on any atom is 0.261 e. The number of anilines is 1. The first-order chi connectivity index (χ1) is 14.5. The highest BCUT2D eigenvalue weighted by Crippen LogP contribution is 2.23. The van der Waals surface area contributed by atoms with Gasteiger partial charge in [-0.2, -0.15) is 0 Å². The largest absolute Gasteiger partial charge is 0.497 e. The van der Waals surface area contributed by atoms with Gasteiger partial charge in [-0.1, -0.05) is 30.3 Å². The number of hydrogen-bond acceptors (Lipinski definition) is 4. The Morgan fingerprint density at radius 2 is 1.63 bits per heavy atom. The van der Waals surface area contributed by atoms with Crippen LogP contribution in [0.4, 0.5) is 5.69 Å². The molecule has 0 bridgehead atoms. The number of nitrogens with zero attached hydrogens (tertiary/aromatic N) is 2. The van der Waals surface area contributed by atoms with E-state index in [9.17, 15) is 8.42 Å². The van der Waals surface area contributed by atoms with Crippen LogP contribution in [0.25, 0.3) is 11.0 Å². The second-order valence-corrected chi connectivity index (χ2v) is 8.70. The minimum absolute atomic E-state index is 0.188. The number of fused-ring (bicyclic) bond motifs is 1. The number of imidazole rings is 1. The van der Waals surface area contributed by atoms with Gasteiger partial charge in [-0.3, -0.25) is 4.72 Å². The summed E-state index contributed by atoms with van der Waals surface area (Å²) in [6.45, 7) is 0. The Morgan fingerprint density at radius 1 is 0.933 bits per heavy atom. The molecule has 3 aromatic carbocycles. The fourth-order valence-corrected chi connectivity index (χ4v) is 4.56. The molecule has 6 nitrogen and oxygen atoms in total. The summed E-state index contributed by atoms with van der Waals surface area (Å²) < 4.78 is 35.6. The lowest BCUT2D eigenvalue weighted by molar-refractivity contribution is 0.414. The molecule has 0 spiro atoms. The maximum absolute atomic E-state index is 12.8. The molecule has 0 atom stereocenters. The van der Waals surface area contributed by atoms with Crippen LogP contribution in [0.5, 0.6) is 5.75 Å². The molecule has 0 saturated heterocycles. The first-order valence-corrected chi connectivity index (χ1v) is 11.1. The van der Waals surface area contributed by atoms with Gasteiger partial charge in [0.1, 0.15) is 11.6 Å². The van der Waals surface area contributed by atoms with E-state index < -0.39 is 10.0 Å². The van der Waals surface area contributed by atoms with Gasteiger partial charge in [-0.05, 0) is 54.4 Å². The molecule has 0 saturated carbocycles. The number of para-hydroxylation sites is 3. The van der Waals surface area contributed by atoms with Crippen molar-refractivity contribution in [3.05, 3.63) is 84.2 Å². The summed E-state index contributed by atoms with van der Waals surface area (Å²) in [5.41, 5.74) is 3.54. The second-order valence-electron chi connectivity index (χ2n) is 7.01. The van der Waals surface area contributed by atoms with E-state index in [2.05, 4.69) is 9.29 Å². The predicted octanol–water partition coefficient (Wildman–Crippen LogP) is 4.17. The summed E-state index contributed by atoms with van der Waals surface area (Å²) in [5.74, 6) is 1.57. The zero-order valence-corrected chi connectivity index (χ0v) is 17.7. The summed E-state index contributed by atoms with van der Waals surface area (Å²) in [6.07, 6.45) is 1.37. The molecule has 154 valence electrons. The van der Waals surface area contributed by atoms with E-state index in [1.807, 2.05) is 49.5 Å². The highest BCUT2D eigenvalue weighted by molar-refractivity contribution is 7.92. The Hall–Kier alpha value is -3.32. The lowest BCUT2D eigenvalue weighted by Gasteiger charge is -2.13. The molecule has 0 aliphatic rings. The lowest BCUT2D eigenvalue weighted by atomic mass is 10.1. The van der Waals surface area contributed by atoms with Crippen LogP contribution in [0, 0.1) is 0 Å². The zero-order valence-electron chi connectivity index (χ0n) is 16.9. The summed E-state index contributed by atoms with van der Waals surface area (Å²) in [7, 11) is -0.152. The van der Waals surface area contributed by atoms with Gasteiger partial charge in [-0.25, -0.2) is 13.4 Å². The molecule has 4 rings (SSSR count). The smallest absolute Gasteiger partial charge is 0.261 e. The first kappa shape index (κ1) is 20.0. The van der Waals surface area contributed by atoms with Crippen molar-refractivity contribution in [3.63, 3.8) is 0 Å². The molecule has 0 unspecified atom stereocenters. The lowest BCUT2D eigenvalue weighted by Crippen LogP contribution is -2.14. The Bertz CT molecular complexity index is 1280. The number of methoxy groups -OCH3 is 1. The first-order valence-electron chi connectivity index (χ1n) is 9.63. The molecule has 0 aliphatic heterocycles. The van der Waals surface area contributed by atoms with E-state index in [0.717, 1.165) is 22.4 Å². The third kappa shape index (κ3) is 4.02. The average Bonchev–Trinajstić information content (AvgIpc) is 3.09. The van der Waals surface area contributed by atoms with E-state index in [1.165, 1.54) is 12.1 Å². The van der Waals surface area contributed by atoms with Crippen molar-refractivity contribution in [1.82, 2.24) is 9.55 Å². The number of nitrogens with one attached hydrogen (secondary N) is 1. The zero-order chi connectivity index (χ0) is 21.1. The molecule has 1 heterocycles. The van der Waals surface area contributed by atoms with Crippen LogP contribution in [0.2, 0.25) is 0 Å². The van der Waals surface area contributed by atoms with Crippen molar-refractivity contribution >= 4 is 26.7 Å². The highest BCUT2D eigenvalue weighted by atomic mass is 32.2. The molecule has 7 heteroatoms. The van der Waals surface area contributed by atoms with Crippen LogP contribution in [0.15, 0.2) is 77.7 Å². The number of ether oxygens (including phenoxy) is 1. The molecular weight excluding hydrogens is 398 g/mol. The van der Waals surface area contributed by atoms with Crippen molar-refractivity contribution in [3.8, 4) is 5.75 Å². The van der Waals surface area contributed by atoms with Crippen LogP contribution >= 0.6 is 0 Å². The van der Waals surface area contributed by atoms with Crippen molar-refractivity contribution in [2.24, 2.45) is 7.05 Å². The molecule has 0 fully saturated rings. The van der Waals surface area contributed by atoms with E-state index in [0.29, 0.717) is 24.3 Å². The van der Waals surface area contributed by atoms with Gasteiger partial charge in [0.15, 0.2) is 0 Å². The van der Waals surface area contributed by atoms with E-state index in [-0.39, 0.29) is 4.90 Å². The Kier molecular flexibility index (Phi) is 5.46. The van der Waals surface area contributed by atoms with Crippen molar-refractivity contribution in [2.45, 2.75) is 17.7 Å². The van der Waals surface area contributed by atoms with Crippen molar-refractivity contribution in [1.29, 1.82) is 0 Å².